The molecule has 7 nitrogen and oxygen atoms in total. The Bertz CT molecular complexity index is 1110. The van der Waals surface area contributed by atoms with Gasteiger partial charge in [-0.15, -0.1) is 0 Å². The third-order valence-corrected chi connectivity index (χ3v) is 6.90. The van der Waals surface area contributed by atoms with Gasteiger partial charge in [0.1, 0.15) is 11.3 Å². The molecule has 3 aliphatic rings. The summed E-state index contributed by atoms with van der Waals surface area (Å²) in [6, 6.07) is 1.92. The van der Waals surface area contributed by atoms with E-state index in [1.807, 2.05) is 4.90 Å². The quantitative estimate of drug-likeness (QED) is 0.704. The molecule has 5 rings (SSSR count). The monoisotopic (exact) mass is 429 g/mol. The van der Waals surface area contributed by atoms with E-state index in [0.717, 1.165) is 19.4 Å². The average Bonchev–Trinajstić information content (AvgIpc) is 3.65. The summed E-state index contributed by atoms with van der Waals surface area (Å²) in [4.78, 5) is 26.5. The van der Waals surface area contributed by atoms with Crippen LogP contribution >= 0.6 is 0 Å². The minimum Gasteiger partial charge on any atom is -0.492 e. The fourth-order valence-corrected chi connectivity index (χ4v) is 4.81. The zero-order valence-corrected chi connectivity index (χ0v) is 17.9. The van der Waals surface area contributed by atoms with E-state index in [2.05, 4.69) is 12.2 Å². The van der Waals surface area contributed by atoms with Crippen LogP contribution in [0, 0.1) is 17.7 Å². The Morgan fingerprint density at radius 3 is 2.65 bits per heavy atom. The molecular weight excluding hydrogens is 401 g/mol. The Kier molecular flexibility index (Phi) is 4.92. The lowest BCUT2D eigenvalue weighted by molar-refractivity contribution is 0.0695. The van der Waals surface area contributed by atoms with Gasteiger partial charge >= 0.3 is 5.97 Å². The lowest BCUT2D eigenvalue weighted by Gasteiger charge is -2.25. The summed E-state index contributed by atoms with van der Waals surface area (Å²) in [5.74, 6) is -0.733. The van der Waals surface area contributed by atoms with Crippen molar-refractivity contribution in [3.05, 3.63) is 33.9 Å². The number of methoxy groups -OCH3 is 1. The normalized spacial score (nSPS) is 23.5. The number of ether oxygens (including phenoxy) is 1. The highest BCUT2D eigenvalue weighted by atomic mass is 19.1. The minimum absolute atomic E-state index is 0.0593. The summed E-state index contributed by atoms with van der Waals surface area (Å²) in [6.45, 7) is 4.51. The number of halogens is 1. The topological polar surface area (TPSA) is 83.8 Å². The molecule has 0 unspecified atom stereocenters. The lowest BCUT2D eigenvalue weighted by atomic mass is 9.98. The fraction of sp³-hybridized carbons (Fsp3) is 0.565. The Labute approximate surface area is 179 Å². The summed E-state index contributed by atoms with van der Waals surface area (Å²) < 4.78 is 22.9. The first kappa shape index (κ1) is 20.3. The Hall–Kier alpha value is -2.61. The van der Waals surface area contributed by atoms with E-state index in [-0.39, 0.29) is 17.0 Å². The van der Waals surface area contributed by atoms with Crippen LogP contribution in [0.15, 0.2) is 17.1 Å². The van der Waals surface area contributed by atoms with Crippen molar-refractivity contribution in [2.24, 2.45) is 11.8 Å². The molecule has 2 saturated carbocycles. The fourth-order valence-electron chi connectivity index (χ4n) is 4.81. The van der Waals surface area contributed by atoms with Gasteiger partial charge in [0.2, 0.25) is 5.43 Å². The highest BCUT2D eigenvalue weighted by molar-refractivity contribution is 5.97. The maximum Gasteiger partial charge on any atom is 0.341 e. The third kappa shape index (κ3) is 3.56. The molecule has 31 heavy (non-hydrogen) atoms. The average molecular weight is 429 g/mol. The van der Waals surface area contributed by atoms with Crippen LogP contribution in [0.2, 0.25) is 0 Å². The van der Waals surface area contributed by atoms with Crippen molar-refractivity contribution in [2.45, 2.75) is 44.7 Å². The number of rotatable bonds is 7. The summed E-state index contributed by atoms with van der Waals surface area (Å²) >= 11 is 0. The van der Waals surface area contributed by atoms with E-state index in [4.69, 9.17) is 4.74 Å². The minimum atomic E-state index is -1.30. The van der Waals surface area contributed by atoms with Gasteiger partial charge in [0.15, 0.2) is 11.6 Å². The predicted octanol–water partition coefficient (Wildman–Crippen LogP) is 3.01. The number of nitrogens with one attached hydrogen (secondary N) is 1. The van der Waals surface area contributed by atoms with E-state index < -0.39 is 17.2 Å². The second-order valence-corrected chi connectivity index (χ2v) is 9.28. The van der Waals surface area contributed by atoms with Gasteiger partial charge in [0.05, 0.1) is 18.0 Å². The van der Waals surface area contributed by atoms with Gasteiger partial charge in [-0.25, -0.2) is 9.18 Å². The highest BCUT2D eigenvalue weighted by Gasteiger charge is 2.36. The van der Waals surface area contributed by atoms with Gasteiger partial charge in [0.25, 0.3) is 0 Å². The zero-order valence-electron chi connectivity index (χ0n) is 17.9. The van der Waals surface area contributed by atoms with Crippen molar-refractivity contribution in [1.82, 2.24) is 9.88 Å². The van der Waals surface area contributed by atoms with Crippen molar-refractivity contribution in [1.29, 1.82) is 0 Å². The molecule has 0 radical (unpaired) electrons. The van der Waals surface area contributed by atoms with Crippen LogP contribution in [0.4, 0.5) is 10.1 Å². The van der Waals surface area contributed by atoms with Gasteiger partial charge in [-0.2, -0.15) is 0 Å². The van der Waals surface area contributed by atoms with Gasteiger partial charge in [-0.3, -0.25) is 4.79 Å². The number of fused-ring (bicyclic) bond motifs is 1. The molecule has 1 aromatic carbocycles. The smallest absolute Gasteiger partial charge is 0.341 e. The second-order valence-electron chi connectivity index (χ2n) is 9.28. The second kappa shape index (κ2) is 7.51. The maximum atomic E-state index is 15.4. The standard InChI is InChI=1S/C23H28FN3O4/c1-12-9-26(10-13(12)8-25-14-3-4-14)20-18(24)7-16-19(22(20)31-2)27(15-5-6-15)11-17(21(16)28)23(29)30/h7,11-15,25H,3-6,8-10H2,1-2H3,(H,29,30)/t12-,13+/m0/s1. The third-order valence-electron chi connectivity index (χ3n) is 6.90. The summed E-state index contributed by atoms with van der Waals surface area (Å²) in [6.07, 6.45) is 5.64. The summed E-state index contributed by atoms with van der Waals surface area (Å²) in [5, 5.41) is 13.1. The molecule has 2 heterocycles. The molecule has 0 spiro atoms. The van der Waals surface area contributed by atoms with Gasteiger partial charge < -0.3 is 24.6 Å². The number of aromatic carboxylic acids is 1. The number of benzene rings is 1. The van der Waals surface area contributed by atoms with Crippen LogP contribution in [0.3, 0.4) is 0 Å². The number of anilines is 1. The molecular formula is C23H28FN3O4. The zero-order chi connectivity index (χ0) is 21.9. The van der Waals surface area contributed by atoms with Gasteiger partial charge in [-0.1, -0.05) is 6.92 Å². The molecule has 1 aliphatic heterocycles. The van der Waals surface area contributed by atoms with Crippen molar-refractivity contribution in [3.8, 4) is 5.75 Å². The van der Waals surface area contributed by atoms with Gasteiger partial charge in [0, 0.05) is 37.9 Å². The lowest BCUT2D eigenvalue weighted by Crippen LogP contribution is -2.29. The number of hydrogen-bond acceptors (Lipinski definition) is 5. The van der Waals surface area contributed by atoms with Crippen LogP contribution in [0.1, 0.15) is 49.0 Å². The molecule has 0 amide bonds. The van der Waals surface area contributed by atoms with E-state index in [1.165, 1.54) is 32.2 Å². The Morgan fingerprint density at radius 2 is 2.03 bits per heavy atom. The molecule has 1 saturated heterocycles. The first-order valence-corrected chi connectivity index (χ1v) is 11.1. The largest absolute Gasteiger partial charge is 0.492 e. The molecule has 8 heteroatoms. The number of carbonyl (C=O) groups is 1. The molecule has 3 fully saturated rings. The number of hydrogen-bond donors (Lipinski definition) is 2. The Morgan fingerprint density at radius 1 is 1.29 bits per heavy atom. The SMILES string of the molecule is COc1c(N2C[C@@H](CNC3CC3)[C@@H](C)C2)c(F)cc2c(=O)c(C(=O)O)cn(C3CC3)c12. The van der Waals surface area contributed by atoms with E-state index >= 15 is 4.39 Å². The molecule has 166 valence electrons. The predicted molar refractivity (Wildman–Crippen MR) is 116 cm³/mol. The van der Waals surface area contributed by atoms with E-state index in [9.17, 15) is 14.7 Å². The highest BCUT2D eigenvalue weighted by Crippen LogP contribution is 2.45. The number of aromatic nitrogens is 1. The molecule has 1 aromatic heterocycles. The van der Waals surface area contributed by atoms with Crippen LogP contribution in [0.25, 0.3) is 10.9 Å². The van der Waals surface area contributed by atoms with Crippen molar-refractivity contribution in [2.75, 3.05) is 31.6 Å². The number of carboxylic acids is 1. The molecule has 2 atom stereocenters. The van der Waals surface area contributed by atoms with Crippen molar-refractivity contribution < 1.29 is 19.0 Å². The van der Waals surface area contributed by atoms with Crippen LogP contribution in [-0.4, -0.2) is 48.4 Å². The Balaban J connectivity index is 1.61. The first-order chi connectivity index (χ1) is 14.9. The number of carboxylic acid groups (broad SMARTS) is 1. The molecule has 0 bridgehead atoms. The van der Waals surface area contributed by atoms with E-state index in [0.29, 0.717) is 47.9 Å². The van der Waals surface area contributed by atoms with Crippen LogP contribution < -0.4 is 20.4 Å². The number of nitrogens with zero attached hydrogens (tertiary/aromatic N) is 2. The van der Waals surface area contributed by atoms with Crippen molar-refractivity contribution in [3.63, 3.8) is 0 Å². The first-order valence-electron chi connectivity index (χ1n) is 11.1. The van der Waals surface area contributed by atoms with Crippen LogP contribution in [-0.2, 0) is 0 Å². The van der Waals surface area contributed by atoms with E-state index in [1.54, 1.807) is 4.57 Å². The summed E-state index contributed by atoms with van der Waals surface area (Å²) in [5.41, 5.74) is -0.157. The van der Waals surface area contributed by atoms with Crippen molar-refractivity contribution >= 4 is 22.6 Å². The summed E-state index contributed by atoms with van der Waals surface area (Å²) in [7, 11) is 1.48. The number of pyridine rings is 1. The molecule has 2 aromatic rings. The van der Waals surface area contributed by atoms with Crippen LogP contribution in [0.5, 0.6) is 5.75 Å². The molecule has 2 aliphatic carbocycles. The van der Waals surface area contributed by atoms with Gasteiger partial charge in [-0.05, 0) is 43.6 Å². The maximum absolute atomic E-state index is 15.4. The molecule has 2 N–H and O–H groups in total.